The molecule has 0 aromatic heterocycles. The average molecular weight is 354 g/mol. The summed E-state index contributed by atoms with van der Waals surface area (Å²) in [4.78, 5) is 12.3. The minimum absolute atomic E-state index is 0.0254. The standard InChI is InChI=1S/C17H26N2O4S/c1-4-14(5-2)17(20)18-15-6-8-16(9-7-15)24(21,22)19-10-11-23-12-13(19)3/h6-9,13-14H,4-5,10-12H2,1-3H3,(H,18,20). The number of amides is 1. The van der Waals surface area contributed by atoms with Gasteiger partial charge in [0, 0.05) is 24.2 Å². The van der Waals surface area contributed by atoms with Crippen LogP contribution in [0, 0.1) is 5.92 Å². The van der Waals surface area contributed by atoms with Gasteiger partial charge >= 0.3 is 0 Å². The summed E-state index contributed by atoms with van der Waals surface area (Å²) in [5, 5.41) is 2.84. The predicted molar refractivity (Wildman–Crippen MR) is 93.3 cm³/mol. The van der Waals surface area contributed by atoms with Crippen LogP contribution in [0.15, 0.2) is 29.2 Å². The second kappa shape index (κ2) is 8.09. The molecule has 1 heterocycles. The van der Waals surface area contributed by atoms with Gasteiger partial charge in [-0.2, -0.15) is 4.31 Å². The van der Waals surface area contributed by atoms with Crippen molar-refractivity contribution in [3.8, 4) is 0 Å². The van der Waals surface area contributed by atoms with Gasteiger partial charge in [-0.15, -0.1) is 0 Å². The molecule has 0 bridgehead atoms. The third-order valence-electron chi connectivity index (χ3n) is 4.39. The lowest BCUT2D eigenvalue weighted by Gasteiger charge is -2.32. The first kappa shape index (κ1) is 18.9. The maximum absolute atomic E-state index is 12.7. The first-order chi connectivity index (χ1) is 11.4. The number of hydrogen-bond acceptors (Lipinski definition) is 4. The molecule has 6 nitrogen and oxygen atoms in total. The van der Waals surface area contributed by atoms with Crippen LogP contribution in [0.2, 0.25) is 0 Å². The highest BCUT2D eigenvalue weighted by molar-refractivity contribution is 7.89. The predicted octanol–water partition coefficient (Wildman–Crippen LogP) is 2.47. The van der Waals surface area contributed by atoms with Crippen molar-refractivity contribution in [1.29, 1.82) is 0 Å². The van der Waals surface area contributed by atoms with E-state index in [2.05, 4.69) is 5.32 Å². The second-order valence-corrected chi connectivity index (χ2v) is 7.96. The summed E-state index contributed by atoms with van der Waals surface area (Å²) in [6.07, 6.45) is 1.56. The number of morpholine rings is 1. The Morgan fingerprint density at radius 2 is 1.92 bits per heavy atom. The second-order valence-electron chi connectivity index (χ2n) is 6.07. The maximum Gasteiger partial charge on any atom is 0.243 e. The number of anilines is 1. The van der Waals surface area contributed by atoms with Gasteiger partial charge in [0.2, 0.25) is 15.9 Å². The molecule has 1 amide bonds. The summed E-state index contributed by atoms with van der Waals surface area (Å²) in [5.74, 6) is -0.0555. The Kier molecular flexibility index (Phi) is 6.37. The smallest absolute Gasteiger partial charge is 0.243 e. The Labute approximate surface area is 144 Å². The van der Waals surface area contributed by atoms with Crippen LogP contribution in [0.25, 0.3) is 0 Å². The zero-order chi connectivity index (χ0) is 17.7. The molecule has 7 heteroatoms. The van der Waals surface area contributed by atoms with Crippen molar-refractivity contribution in [2.75, 3.05) is 25.1 Å². The van der Waals surface area contributed by atoms with Crippen LogP contribution in [-0.2, 0) is 19.6 Å². The molecule has 24 heavy (non-hydrogen) atoms. The lowest BCUT2D eigenvalue weighted by molar-refractivity contribution is -0.120. The van der Waals surface area contributed by atoms with Crippen molar-refractivity contribution in [2.24, 2.45) is 5.92 Å². The lowest BCUT2D eigenvalue weighted by atomic mass is 10.0. The van der Waals surface area contributed by atoms with Gasteiger partial charge in [0.1, 0.15) is 0 Å². The Morgan fingerprint density at radius 3 is 2.46 bits per heavy atom. The Hall–Kier alpha value is -1.44. The van der Waals surface area contributed by atoms with E-state index in [4.69, 9.17) is 4.74 Å². The quantitative estimate of drug-likeness (QED) is 0.851. The lowest BCUT2D eigenvalue weighted by Crippen LogP contribution is -2.46. The zero-order valence-electron chi connectivity index (χ0n) is 14.5. The molecule has 1 aromatic rings. The Bertz CT molecular complexity index is 654. The number of nitrogens with one attached hydrogen (secondary N) is 1. The van der Waals surface area contributed by atoms with Crippen LogP contribution in [0.1, 0.15) is 33.6 Å². The minimum atomic E-state index is -3.54. The van der Waals surface area contributed by atoms with Gasteiger partial charge < -0.3 is 10.1 Å². The van der Waals surface area contributed by atoms with E-state index >= 15 is 0 Å². The molecule has 1 aliphatic rings. The van der Waals surface area contributed by atoms with Crippen LogP contribution in [-0.4, -0.2) is 44.4 Å². The molecule has 134 valence electrons. The molecule has 1 N–H and O–H groups in total. The normalized spacial score (nSPS) is 19.4. The van der Waals surface area contributed by atoms with Gasteiger partial charge in [0.25, 0.3) is 0 Å². The molecule has 0 aliphatic carbocycles. The molecular formula is C17H26N2O4S. The topological polar surface area (TPSA) is 75.7 Å². The number of hydrogen-bond donors (Lipinski definition) is 1. The van der Waals surface area contributed by atoms with E-state index in [1.165, 1.54) is 4.31 Å². The van der Waals surface area contributed by atoms with Crippen molar-refractivity contribution in [2.45, 2.75) is 44.6 Å². The van der Waals surface area contributed by atoms with Gasteiger partial charge in [-0.1, -0.05) is 13.8 Å². The van der Waals surface area contributed by atoms with E-state index in [0.29, 0.717) is 25.4 Å². The average Bonchev–Trinajstić information content (AvgIpc) is 2.56. The van der Waals surface area contributed by atoms with E-state index in [9.17, 15) is 13.2 Å². The SMILES string of the molecule is CCC(CC)C(=O)Nc1ccc(S(=O)(=O)N2CCOCC2C)cc1. The monoisotopic (exact) mass is 354 g/mol. The number of ether oxygens (including phenoxy) is 1. The molecular weight excluding hydrogens is 328 g/mol. The third kappa shape index (κ3) is 4.15. The Morgan fingerprint density at radius 1 is 1.29 bits per heavy atom. The van der Waals surface area contributed by atoms with Crippen LogP contribution >= 0.6 is 0 Å². The van der Waals surface area contributed by atoms with Crippen LogP contribution in [0.5, 0.6) is 0 Å². The van der Waals surface area contributed by atoms with Gasteiger partial charge in [0.15, 0.2) is 0 Å². The first-order valence-electron chi connectivity index (χ1n) is 8.40. The molecule has 1 unspecified atom stereocenters. The van der Waals surface area contributed by atoms with Crippen molar-refractivity contribution in [1.82, 2.24) is 4.31 Å². The van der Waals surface area contributed by atoms with Gasteiger partial charge in [-0.25, -0.2) is 8.42 Å². The number of rotatable bonds is 6. The molecule has 1 aliphatic heterocycles. The summed E-state index contributed by atoms with van der Waals surface area (Å²) in [5.41, 5.74) is 0.612. The molecule has 2 rings (SSSR count). The van der Waals surface area contributed by atoms with Crippen molar-refractivity contribution < 1.29 is 17.9 Å². The molecule has 0 spiro atoms. The van der Waals surface area contributed by atoms with E-state index in [-0.39, 0.29) is 22.8 Å². The fourth-order valence-corrected chi connectivity index (χ4v) is 4.42. The van der Waals surface area contributed by atoms with Crippen molar-refractivity contribution >= 4 is 21.6 Å². The molecule has 1 aromatic carbocycles. The molecule has 1 saturated heterocycles. The van der Waals surface area contributed by atoms with E-state index in [0.717, 1.165) is 12.8 Å². The molecule has 0 radical (unpaired) electrons. The highest BCUT2D eigenvalue weighted by Crippen LogP contribution is 2.22. The molecule has 1 fully saturated rings. The summed E-state index contributed by atoms with van der Waals surface area (Å²) >= 11 is 0. The minimum Gasteiger partial charge on any atom is -0.378 e. The molecule has 1 atom stereocenters. The van der Waals surface area contributed by atoms with Crippen LogP contribution < -0.4 is 5.32 Å². The van der Waals surface area contributed by atoms with Crippen LogP contribution in [0.3, 0.4) is 0 Å². The third-order valence-corrected chi connectivity index (χ3v) is 6.42. The van der Waals surface area contributed by atoms with E-state index in [1.54, 1.807) is 24.3 Å². The number of carbonyl (C=O) groups is 1. The zero-order valence-corrected chi connectivity index (χ0v) is 15.3. The van der Waals surface area contributed by atoms with Gasteiger partial charge in [-0.3, -0.25) is 4.79 Å². The molecule has 0 saturated carbocycles. The summed E-state index contributed by atoms with van der Waals surface area (Å²) in [6.45, 7) is 6.97. The van der Waals surface area contributed by atoms with Crippen molar-refractivity contribution in [3.05, 3.63) is 24.3 Å². The summed E-state index contributed by atoms with van der Waals surface area (Å²) in [7, 11) is -3.54. The summed E-state index contributed by atoms with van der Waals surface area (Å²) in [6, 6.07) is 6.18. The number of benzene rings is 1. The first-order valence-corrected chi connectivity index (χ1v) is 9.84. The van der Waals surface area contributed by atoms with Crippen molar-refractivity contribution in [3.63, 3.8) is 0 Å². The number of carbonyl (C=O) groups excluding carboxylic acids is 1. The highest BCUT2D eigenvalue weighted by Gasteiger charge is 2.31. The van der Waals surface area contributed by atoms with Gasteiger partial charge in [0.05, 0.1) is 18.1 Å². The van der Waals surface area contributed by atoms with Crippen LogP contribution in [0.4, 0.5) is 5.69 Å². The fourth-order valence-electron chi connectivity index (χ4n) is 2.82. The number of sulfonamides is 1. The maximum atomic E-state index is 12.7. The van der Waals surface area contributed by atoms with Gasteiger partial charge in [-0.05, 0) is 44.0 Å². The van der Waals surface area contributed by atoms with E-state index < -0.39 is 10.0 Å². The summed E-state index contributed by atoms with van der Waals surface area (Å²) < 4.78 is 32.2. The Balaban J connectivity index is 2.12. The number of nitrogens with zero attached hydrogens (tertiary/aromatic N) is 1. The largest absolute Gasteiger partial charge is 0.378 e. The van der Waals surface area contributed by atoms with E-state index in [1.807, 2.05) is 20.8 Å². The highest BCUT2D eigenvalue weighted by atomic mass is 32.2. The fraction of sp³-hybridized carbons (Fsp3) is 0.588.